The summed E-state index contributed by atoms with van der Waals surface area (Å²) in [6, 6.07) is 5.43. The Morgan fingerprint density at radius 1 is 1.18 bits per heavy atom. The Bertz CT molecular complexity index is 779. The second-order valence-electron chi connectivity index (χ2n) is 8.62. The van der Waals surface area contributed by atoms with Crippen molar-refractivity contribution in [2.75, 3.05) is 19.7 Å². The van der Waals surface area contributed by atoms with E-state index in [9.17, 15) is 0 Å². The highest BCUT2D eigenvalue weighted by atomic mass is 16.5. The van der Waals surface area contributed by atoms with Crippen LogP contribution in [0.4, 0.5) is 0 Å². The van der Waals surface area contributed by atoms with Crippen molar-refractivity contribution in [2.24, 2.45) is 0 Å². The van der Waals surface area contributed by atoms with Crippen LogP contribution in [0.5, 0.6) is 0 Å². The van der Waals surface area contributed by atoms with Crippen LogP contribution in [0, 0.1) is 0 Å². The smallest absolute Gasteiger partial charge is 0.150 e. The van der Waals surface area contributed by atoms with Crippen molar-refractivity contribution < 1.29 is 4.74 Å². The third kappa shape index (κ3) is 3.58. The van der Waals surface area contributed by atoms with Crippen LogP contribution in [0.2, 0.25) is 0 Å². The Morgan fingerprint density at radius 2 is 1.96 bits per heavy atom. The summed E-state index contributed by atoms with van der Waals surface area (Å²) in [4.78, 5) is 14.0. The third-order valence-electron chi connectivity index (χ3n) is 6.70. The normalized spacial score (nSPS) is 30.9. The molecule has 0 saturated carbocycles. The number of pyridine rings is 1. The van der Waals surface area contributed by atoms with E-state index >= 15 is 0 Å². The molecule has 1 spiro atoms. The fraction of sp³-hybridized carbons (Fsp3) is 0.667. The molecule has 0 amide bonds. The minimum Gasteiger partial charge on any atom is -0.372 e. The molecule has 5 heterocycles. The van der Waals surface area contributed by atoms with Gasteiger partial charge in [0.1, 0.15) is 11.6 Å². The van der Waals surface area contributed by atoms with E-state index in [1.54, 1.807) is 0 Å². The number of ether oxygens (including phenoxy) is 1. The molecule has 3 fully saturated rings. The second kappa shape index (κ2) is 7.54. The van der Waals surface area contributed by atoms with E-state index in [1.165, 1.54) is 18.4 Å². The van der Waals surface area contributed by atoms with Crippen molar-refractivity contribution in [3.05, 3.63) is 41.7 Å². The van der Waals surface area contributed by atoms with Crippen molar-refractivity contribution in [2.45, 2.75) is 69.8 Å². The summed E-state index contributed by atoms with van der Waals surface area (Å²) >= 11 is 0. The zero-order chi connectivity index (χ0) is 19.0. The summed E-state index contributed by atoms with van der Waals surface area (Å²) in [7, 11) is 0. The standard InChI is InChI=1S/C21H30N6O/c1-2-19-23-20(25-24-19)14-27-17-3-4-18(27)12-21(11-17)15-26(9-10-28-21)13-16-5-7-22-8-6-16/h5-8,17-18H,2-4,9-15H2,1H3,(H,23,24,25)/t17-,18+,21?. The number of aryl methyl sites for hydroxylation is 1. The Hall–Kier alpha value is -1.83. The van der Waals surface area contributed by atoms with Crippen LogP contribution in [0.1, 0.15) is 49.8 Å². The van der Waals surface area contributed by atoms with Crippen LogP contribution in [0.15, 0.2) is 24.5 Å². The summed E-state index contributed by atoms with van der Waals surface area (Å²) in [5.74, 6) is 1.92. The number of hydrogen-bond donors (Lipinski definition) is 1. The average Bonchev–Trinajstić information content (AvgIpc) is 3.26. The fourth-order valence-corrected chi connectivity index (χ4v) is 5.44. The molecule has 28 heavy (non-hydrogen) atoms. The summed E-state index contributed by atoms with van der Waals surface area (Å²) in [6.45, 7) is 6.87. The van der Waals surface area contributed by atoms with Crippen LogP contribution in [-0.2, 0) is 24.2 Å². The molecule has 2 aromatic rings. The number of piperidine rings is 1. The van der Waals surface area contributed by atoms with E-state index in [2.05, 4.69) is 49.0 Å². The van der Waals surface area contributed by atoms with E-state index in [1.807, 2.05) is 12.4 Å². The van der Waals surface area contributed by atoms with Gasteiger partial charge in [0.15, 0.2) is 0 Å². The lowest BCUT2D eigenvalue weighted by atomic mass is 9.84. The van der Waals surface area contributed by atoms with Gasteiger partial charge in [-0.1, -0.05) is 6.92 Å². The summed E-state index contributed by atoms with van der Waals surface area (Å²) < 4.78 is 6.46. The van der Waals surface area contributed by atoms with Crippen LogP contribution in [0.3, 0.4) is 0 Å². The van der Waals surface area contributed by atoms with E-state index < -0.39 is 0 Å². The van der Waals surface area contributed by atoms with Gasteiger partial charge in [0, 0.05) is 50.5 Å². The van der Waals surface area contributed by atoms with Gasteiger partial charge in [0.05, 0.1) is 18.8 Å². The predicted molar refractivity (Wildman–Crippen MR) is 106 cm³/mol. The molecule has 3 aliphatic rings. The molecule has 0 aliphatic carbocycles. The highest BCUT2D eigenvalue weighted by Crippen LogP contribution is 2.44. The molecule has 2 bridgehead atoms. The molecule has 1 N–H and O–H groups in total. The van der Waals surface area contributed by atoms with Crippen molar-refractivity contribution in [3.8, 4) is 0 Å². The minimum atomic E-state index is 0.0175. The summed E-state index contributed by atoms with van der Waals surface area (Å²) in [6.07, 6.45) is 9.46. The van der Waals surface area contributed by atoms with Crippen LogP contribution >= 0.6 is 0 Å². The Kier molecular flexibility index (Phi) is 4.90. The van der Waals surface area contributed by atoms with Gasteiger partial charge >= 0.3 is 0 Å². The van der Waals surface area contributed by atoms with Gasteiger partial charge in [-0.3, -0.25) is 19.9 Å². The lowest BCUT2D eigenvalue weighted by Crippen LogP contribution is -2.59. The maximum Gasteiger partial charge on any atom is 0.150 e. The first kappa shape index (κ1) is 18.2. The zero-order valence-electron chi connectivity index (χ0n) is 16.7. The molecule has 3 atom stereocenters. The van der Waals surface area contributed by atoms with Crippen LogP contribution < -0.4 is 0 Å². The van der Waals surface area contributed by atoms with Crippen LogP contribution in [-0.4, -0.2) is 67.3 Å². The molecule has 0 aromatic carbocycles. The molecule has 0 radical (unpaired) electrons. The molecule has 3 saturated heterocycles. The van der Waals surface area contributed by atoms with Crippen molar-refractivity contribution in [1.82, 2.24) is 30.0 Å². The van der Waals surface area contributed by atoms with Gasteiger partial charge in [-0.05, 0) is 43.4 Å². The Balaban J connectivity index is 1.25. The third-order valence-corrected chi connectivity index (χ3v) is 6.70. The number of fused-ring (bicyclic) bond motifs is 2. The molecule has 7 heteroatoms. The molecule has 150 valence electrons. The van der Waals surface area contributed by atoms with Crippen molar-refractivity contribution in [1.29, 1.82) is 0 Å². The van der Waals surface area contributed by atoms with Gasteiger partial charge in [-0.15, -0.1) is 0 Å². The lowest BCUT2D eigenvalue weighted by Gasteiger charge is -2.50. The number of nitrogens with zero attached hydrogens (tertiary/aromatic N) is 5. The first-order valence-corrected chi connectivity index (χ1v) is 10.6. The first-order valence-electron chi connectivity index (χ1n) is 10.6. The summed E-state index contributed by atoms with van der Waals surface area (Å²) in [5, 5.41) is 7.44. The zero-order valence-corrected chi connectivity index (χ0v) is 16.7. The number of hydrogen-bond acceptors (Lipinski definition) is 6. The molecule has 1 unspecified atom stereocenters. The molecular weight excluding hydrogens is 352 g/mol. The van der Waals surface area contributed by atoms with E-state index in [0.29, 0.717) is 12.1 Å². The molecule has 5 rings (SSSR count). The van der Waals surface area contributed by atoms with Crippen LogP contribution in [0.25, 0.3) is 0 Å². The Labute approximate surface area is 166 Å². The average molecular weight is 383 g/mol. The number of rotatable bonds is 5. The highest BCUT2D eigenvalue weighted by molar-refractivity contribution is 5.11. The number of morpholine rings is 1. The quantitative estimate of drug-likeness (QED) is 0.855. The molecule has 2 aromatic heterocycles. The minimum absolute atomic E-state index is 0.0175. The first-order chi connectivity index (χ1) is 13.7. The number of aromatic amines is 1. The van der Waals surface area contributed by atoms with Crippen molar-refractivity contribution in [3.63, 3.8) is 0 Å². The molecular formula is C21H30N6O. The van der Waals surface area contributed by atoms with Gasteiger partial charge in [0.2, 0.25) is 0 Å². The van der Waals surface area contributed by atoms with Gasteiger partial charge in [-0.2, -0.15) is 5.10 Å². The maximum absolute atomic E-state index is 6.46. The monoisotopic (exact) mass is 382 g/mol. The molecule has 7 nitrogen and oxygen atoms in total. The van der Waals surface area contributed by atoms with Gasteiger partial charge in [0.25, 0.3) is 0 Å². The SMILES string of the molecule is CCc1n[nH]c(CN2[C@@H]3CC[C@H]2CC2(C3)CN(Cc3ccncc3)CCO2)n1. The largest absolute Gasteiger partial charge is 0.372 e. The fourth-order valence-electron chi connectivity index (χ4n) is 5.44. The number of aromatic nitrogens is 4. The number of nitrogens with one attached hydrogen (secondary N) is 1. The second-order valence-corrected chi connectivity index (χ2v) is 8.62. The lowest BCUT2D eigenvalue weighted by molar-refractivity contribution is -0.152. The van der Waals surface area contributed by atoms with E-state index in [4.69, 9.17) is 4.74 Å². The maximum atomic E-state index is 6.46. The number of H-pyrrole nitrogens is 1. The highest BCUT2D eigenvalue weighted by Gasteiger charge is 2.50. The summed E-state index contributed by atoms with van der Waals surface area (Å²) in [5.41, 5.74) is 1.35. The van der Waals surface area contributed by atoms with E-state index in [0.717, 1.165) is 63.7 Å². The van der Waals surface area contributed by atoms with Gasteiger partial charge < -0.3 is 4.74 Å². The van der Waals surface area contributed by atoms with E-state index in [-0.39, 0.29) is 5.60 Å². The van der Waals surface area contributed by atoms with Crippen molar-refractivity contribution >= 4 is 0 Å². The topological polar surface area (TPSA) is 70.2 Å². The van der Waals surface area contributed by atoms with Gasteiger partial charge in [-0.25, -0.2) is 4.98 Å². The molecule has 3 aliphatic heterocycles. The predicted octanol–water partition coefficient (Wildman–Crippen LogP) is 2.16. The Morgan fingerprint density at radius 3 is 2.68 bits per heavy atom.